The van der Waals surface area contributed by atoms with Crippen molar-refractivity contribution in [1.29, 1.82) is 5.26 Å². The van der Waals surface area contributed by atoms with Gasteiger partial charge < -0.3 is 23.4 Å². The lowest BCUT2D eigenvalue weighted by Crippen LogP contribution is -2.35. The lowest BCUT2D eigenvalue weighted by Gasteiger charge is -2.16. The minimum Gasteiger partial charge on any atom is -0.468 e. The first kappa shape index (κ1) is 15.1. The first-order chi connectivity index (χ1) is 13.2. The maximum absolute atomic E-state index is 12.5. The summed E-state index contributed by atoms with van der Waals surface area (Å²) >= 11 is 0. The number of aromatic nitrogens is 2. The van der Waals surface area contributed by atoms with E-state index in [-0.39, 0.29) is 28.4 Å². The molecule has 0 bridgehead atoms. The van der Waals surface area contributed by atoms with Crippen molar-refractivity contribution in [1.82, 2.24) is 9.55 Å². The van der Waals surface area contributed by atoms with Crippen LogP contribution in [0.2, 0.25) is 0 Å². The monoisotopic (exact) mass is 362 g/mol. The molecule has 0 radical (unpaired) electrons. The van der Waals surface area contributed by atoms with Gasteiger partial charge in [-0.2, -0.15) is 10.2 Å². The van der Waals surface area contributed by atoms with Crippen LogP contribution in [0.3, 0.4) is 0 Å². The highest BCUT2D eigenvalue weighted by Gasteiger charge is 2.37. The lowest BCUT2D eigenvalue weighted by atomic mass is 9.92. The molecule has 0 spiro atoms. The first-order valence-corrected chi connectivity index (χ1v) is 7.88. The largest absolute Gasteiger partial charge is 0.468 e. The zero-order valence-corrected chi connectivity index (χ0v) is 13.6. The average molecular weight is 362 g/mol. The zero-order chi connectivity index (χ0) is 18.5. The van der Waals surface area contributed by atoms with E-state index >= 15 is 0 Å². The molecule has 1 aliphatic heterocycles. The fourth-order valence-electron chi connectivity index (χ4n) is 3.19. The highest BCUT2D eigenvalue weighted by Crippen LogP contribution is 2.37. The van der Waals surface area contributed by atoms with Gasteiger partial charge in [0.1, 0.15) is 40.1 Å². The Bertz CT molecular complexity index is 1360. The second kappa shape index (κ2) is 5.40. The van der Waals surface area contributed by atoms with Crippen LogP contribution in [0.25, 0.3) is 17.5 Å². The summed E-state index contributed by atoms with van der Waals surface area (Å²) in [5.41, 5.74) is 5.64. The molecule has 1 aliphatic rings. The van der Waals surface area contributed by atoms with Crippen LogP contribution in [0, 0.1) is 11.3 Å². The third kappa shape index (κ3) is 2.10. The van der Waals surface area contributed by atoms with Crippen LogP contribution in [0.4, 0.5) is 6.01 Å². The fraction of sp³-hybridized carbons (Fsp3) is 0.0556. The number of hydrogen-bond acceptors (Lipinski definition) is 8. The summed E-state index contributed by atoms with van der Waals surface area (Å²) in [6.07, 6.45) is 4.44. The van der Waals surface area contributed by atoms with Crippen molar-refractivity contribution >= 4 is 17.7 Å². The highest BCUT2D eigenvalue weighted by atomic mass is 16.4. The van der Waals surface area contributed by atoms with E-state index in [4.69, 9.17) is 23.4 Å². The predicted octanol–water partition coefficient (Wildman–Crippen LogP) is 0.835. The summed E-state index contributed by atoms with van der Waals surface area (Å²) in [4.78, 5) is 16.7. The van der Waals surface area contributed by atoms with Gasteiger partial charge in [0.15, 0.2) is 0 Å². The van der Waals surface area contributed by atoms with Gasteiger partial charge in [-0.25, -0.2) is 9.36 Å². The number of oxazole rings is 2. The minimum atomic E-state index is -0.705. The van der Waals surface area contributed by atoms with Crippen LogP contribution < -0.4 is 22.3 Å². The SMILES string of the molecule is N#CC1=c2oc(=O)/c(=C\c3ccco3)n2-c2oc(N)nc2[C@H]1c1ccco1. The number of fused-ring (bicyclic) bond motifs is 3. The van der Waals surface area contributed by atoms with E-state index in [1.807, 2.05) is 0 Å². The average Bonchev–Trinajstić information content (AvgIpc) is 3.42. The van der Waals surface area contributed by atoms with Gasteiger partial charge >= 0.3 is 5.63 Å². The van der Waals surface area contributed by atoms with E-state index in [2.05, 4.69) is 11.1 Å². The van der Waals surface area contributed by atoms with E-state index in [0.29, 0.717) is 17.2 Å². The van der Waals surface area contributed by atoms with Gasteiger partial charge in [0.25, 0.3) is 6.01 Å². The molecule has 9 nitrogen and oxygen atoms in total. The Hall–Kier alpha value is -4.19. The number of anilines is 1. The van der Waals surface area contributed by atoms with Crippen molar-refractivity contribution in [3.63, 3.8) is 0 Å². The molecule has 4 aromatic rings. The van der Waals surface area contributed by atoms with E-state index < -0.39 is 11.5 Å². The third-order valence-corrected chi connectivity index (χ3v) is 4.26. The normalized spacial score (nSPS) is 16.2. The third-order valence-electron chi connectivity index (χ3n) is 4.26. The molecule has 4 aromatic heterocycles. The number of nitrogens with zero attached hydrogens (tertiary/aromatic N) is 3. The van der Waals surface area contributed by atoms with Gasteiger partial charge in [0, 0.05) is 6.08 Å². The summed E-state index contributed by atoms with van der Waals surface area (Å²) < 4.78 is 23.0. The molecule has 27 heavy (non-hydrogen) atoms. The Labute approximate surface area is 149 Å². The van der Waals surface area contributed by atoms with Crippen molar-refractivity contribution in [2.45, 2.75) is 5.92 Å². The van der Waals surface area contributed by atoms with Crippen molar-refractivity contribution in [3.8, 4) is 12.0 Å². The number of furan rings is 2. The Morgan fingerprint density at radius 3 is 2.74 bits per heavy atom. The Morgan fingerprint density at radius 2 is 2.04 bits per heavy atom. The smallest absolute Gasteiger partial charge is 0.362 e. The molecule has 5 heterocycles. The minimum absolute atomic E-state index is 0.0327. The van der Waals surface area contributed by atoms with Crippen molar-refractivity contribution in [3.05, 3.63) is 75.3 Å². The number of nitrogens with two attached hydrogens (primary N) is 1. The maximum atomic E-state index is 12.5. The molecule has 0 saturated heterocycles. The Kier molecular flexibility index (Phi) is 3.02. The quantitative estimate of drug-likeness (QED) is 0.553. The van der Waals surface area contributed by atoms with Gasteiger partial charge in [-0.05, 0) is 24.3 Å². The van der Waals surface area contributed by atoms with Crippen LogP contribution in [0.15, 0.2) is 59.3 Å². The molecule has 0 fully saturated rings. The fourth-order valence-corrected chi connectivity index (χ4v) is 3.19. The van der Waals surface area contributed by atoms with Gasteiger partial charge in [0.2, 0.25) is 11.4 Å². The molecule has 1 atom stereocenters. The Morgan fingerprint density at radius 1 is 1.22 bits per heavy atom. The summed E-state index contributed by atoms with van der Waals surface area (Å²) in [6, 6.07) is 8.74. The number of nitrogen functional groups attached to an aromatic ring is 1. The van der Waals surface area contributed by atoms with Gasteiger partial charge in [-0.15, -0.1) is 0 Å². The van der Waals surface area contributed by atoms with Crippen LogP contribution in [-0.2, 0) is 0 Å². The predicted molar refractivity (Wildman–Crippen MR) is 89.9 cm³/mol. The van der Waals surface area contributed by atoms with E-state index in [1.54, 1.807) is 24.3 Å². The lowest BCUT2D eigenvalue weighted by molar-refractivity contribution is 0.446. The molecule has 132 valence electrons. The van der Waals surface area contributed by atoms with Gasteiger partial charge in [0.05, 0.1) is 12.5 Å². The van der Waals surface area contributed by atoms with Crippen LogP contribution in [0.1, 0.15) is 23.1 Å². The van der Waals surface area contributed by atoms with Crippen molar-refractivity contribution in [2.24, 2.45) is 0 Å². The standard InChI is InChI=1S/C18H10N4O5/c19-8-10-13(12-4-2-6-25-12)14-16(27-18(20)21-14)22-11(17(23)26-15(10)22)7-9-3-1-5-24-9/h1-7,13H,(H2,20,21)/b11-7+/t13-/m1/s1. The highest BCUT2D eigenvalue weighted by molar-refractivity contribution is 5.72. The maximum Gasteiger partial charge on any atom is 0.362 e. The van der Waals surface area contributed by atoms with E-state index in [9.17, 15) is 10.1 Å². The molecule has 0 aromatic carbocycles. The summed E-state index contributed by atoms with van der Waals surface area (Å²) in [5, 5.41) is 9.89. The van der Waals surface area contributed by atoms with Crippen molar-refractivity contribution in [2.75, 3.05) is 5.73 Å². The molecule has 0 saturated carbocycles. The first-order valence-electron chi connectivity index (χ1n) is 7.88. The molecule has 9 heteroatoms. The molecular weight excluding hydrogens is 352 g/mol. The molecule has 0 amide bonds. The van der Waals surface area contributed by atoms with Crippen LogP contribution in [-0.4, -0.2) is 9.55 Å². The molecular formula is C18H10N4O5. The Balaban J connectivity index is 1.94. The van der Waals surface area contributed by atoms with Gasteiger partial charge in [-0.3, -0.25) is 0 Å². The van der Waals surface area contributed by atoms with E-state index in [0.717, 1.165) is 0 Å². The summed E-state index contributed by atoms with van der Waals surface area (Å²) in [6.45, 7) is 0. The number of rotatable bonds is 2. The molecule has 2 N–H and O–H groups in total. The van der Waals surface area contributed by atoms with E-state index in [1.165, 1.54) is 23.2 Å². The second-order valence-electron chi connectivity index (χ2n) is 5.79. The molecule has 5 rings (SSSR count). The zero-order valence-electron chi connectivity index (χ0n) is 13.6. The molecule has 0 aliphatic carbocycles. The second-order valence-corrected chi connectivity index (χ2v) is 5.79. The number of nitriles is 1. The van der Waals surface area contributed by atoms with Crippen LogP contribution in [0.5, 0.6) is 0 Å². The van der Waals surface area contributed by atoms with Gasteiger partial charge in [-0.1, -0.05) is 0 Å². The van der Waals surface area contributed by atoms with Crippen LogP contribution >= 0.6 is 0 Å². The topological polar surface area (TPSA) is 137 Å². The van der Waals surface area contributed by atoms with Crippen molar-refractivity contribution < 1.29 is 17.7 Å². The summed E-state index contributed by atoms with van der Waals surface area (Å²) in [5.74, 6) is 0.367. The molecule has 0 unspecified atom stereocenters. The number of hydrogen-bond donors (Lipinski definition) is 1. The summed E-state index contributed by atoms with van der Waals surface area (Å²) in [7, 11) is 0.